The van der Waals surface area contributed by atoms with Gasteiger partial charge < -0.3 is 11.1 Å². The van der Waals surface area contributed by atoms with Crippen molar-refractivity contribution in [3.8, 4) is 0 Å². The lowest BCUT2D eigenvalue weighted by atomic mass is 10.2. The minimum absolute atomic E-state index is 0.362. The molecule has 16 heavy (non-hydrogen) atoms. The zero-order chi connectivity index (χ0) is 12.3. The number of carbonyl (C=O) groups is 2. The molecule has 0 aliphatic heterocycles. The Balaban J connectivity index is 2.89. The fourth-order valence-corrected chi connectivity index (χ4v) is 1.64. The number of hydrogen-bond acceptors (Lipinski definition) is 2. The fraction of sp³-hybridized carbons (Fsp3) is 0.200. The summed E-state index contributed by atoms with van der Waals surface area (Å²) in [5.74, 6) is -0.993. The van der Waals surface area contributed by atoms with Crippen LogP contribution in [0.5, 0.6) is 0 Å². The first-order valence-electron chi connectivity index (χ1n) is 4.47. The Bertz CT molecular complexity index is 437. The van der Waals surface area contributed by atoms with E-state index in [1.165, 1.54) is 6.92 Å². The molecule has 1 aromatic rings. The van der Waals surface area contributed by atoms with Gasteiger partial charge in [-0.05, 0) is 35.0 Å². The van der Waals surface area contributed by atoms with E-state index >= 15 is 0 Å². The van der Waals surface area contributed by atoms with Crippen LogP contribution in [0.2, 0.25) is 5.02 Å². The summed E-state index contributed by atoms with van der Waals surface area (Å²) in [6.07, 6.45) is 0. The Morgan fingerprint density at radius 3 is 2.69 bits per heavy atom. The number of hydrogen-bond donors (Lipinski definition) is 2. The molecule has 2 amide bonds. The lowest BCUT2D eigenvalue weighted by molar-refractivity contribution is -0.119. The molecule has 0 bridgehead atoms. The molecule has 3 N–H and O–H groups in total. The van der Waals surface area contributed by atoms with Crippen molar-refractivity contribution in [3.63, 3.8) is 0 Å². The van der Waals surface area contributed by atoms with Gasteiger partial charge in [-0.1, -0.05) is 17.7 Å². The lowest BCUT2D eigenvalue weighted by Crippen LogP contribution is -2.42. The van der Waals surface area contributed by atoms with Crippen molar-refractivity contribution in [2.75, 3.05) is 0 Å². The molecule has 4 nitrogen and oxygen atoms in total. The predicted molar refractivity (Wildman–Crippen MR) is 65.3 cm³/mol. The van der Waals surface area contributed by atoms with E-state index < -0.39 is 17.9 Å². The zero-order valence-electron chi connectivity index (χ0n) is 8.46. The van der Waals surface area contributed by atoms with E-state index in [0.717, 1.165) is 0 Å². The summed E-state index contributed by atoms with van der Waals surface area (Å²) < 4.78 is 0.492. The molecule has 0 aliphatic carbocycles. The van der Waals surface area contributed by atoms with Gasteiger partial charge in [-0.3, -0.25) is 9.59 Å². The quantitative estimate of drug-likeness (QED) is 0.892. The predicted octanol–water partition coefficient (Wildman–Crippen LogP) is 1.71. The normalized spacial score (nSPS) is 11.9. The third-order valence-electron chi connectivity index (χ3n) is 1.97. The molecule has 1 atom stereocenters. The first-order chi connectivity index (χ1) is 7.43. The number of nitrogens with two attached hydrogens (primary N) is 1. The van der Waals surface area contributed by atoms with E-state index in [-0.39, 0.29) is 0 Å². The third-order valence-corrected chi connectivity index (χ3v) is 3.37. The van der Waals surface area contributed by atoms with Crippen LogP contribution in [0.4, 0.5) is 0 Å². The highest BCUT2D eigenvalue weighted by Crippen LogP contribution is 2.25. The Labute approximate surface area is 106 Å². The Kier molecular flexibility index (Phi) is 4.32. The molecule has 1 unspecified atom stereocenters. The van der Waals surface area contributed by atoms with Gasteiger partial charge in [-0.15, -0.1) is 0 Å². The molecule has 0 saturated heterocycles. The van der Waals surface area contributed by atoms with Gasteiger partial charge in [0.1, 0.15) is 6.04 Å². The highest BCUT2D eigenvalue weighted by atomic mass is 79.9. The number of benzene rings is 1. The molecule has 86 valence electrons. The van der Waals surface area contributed by atoms with Crippen LogP contribution in [0, 0.1) is 0 Å². The molecule has 0 aliphatic rings. The monoisotopic (exact) mass is 304 g/mol. The molecule has 0 fully saturated rings. The van der Waals surface area contributed by atoms with E-state index in [4.69, 9.17) is 17.3 Å². The van der Waals surface area contributed by atoms with Crippen LogP contribution in [0.25, 0.3) is 0 Å². The van der Waals surface area contributed by atoms with Crippen LogP contribution in [0.1, 0.15) is 17.3 Å². The summed E-state index contributed by atoms with van der Waals surface area (Å²) in [7, 11) is 0. The van der Waals surface area contributed by atoms with Gasteiger partial charge in [-0.25, -0.2) is 0 Å². The number of primary amides is 1. The number of amides is 2. The highest BCUT2D eigenvalue weighted by molar-refractivity contribution is 9.10. The summed E-state index contributed by atoms with van der Waals surface area (Å²) in [6.45, 7) is 1.51. The van der Waals surface area contributed by atoms with E-state index in [1.807, 2.05) is 0 Å². The maximum atomic E-state index is 11.7. The maximum absolute atomic E-state index is 11.7. The van der Waals surface area contributed by atoms with Crippen molar-refractivity contribution in [1.82, 2.24) is 5.32 Å². The second-order valence-corrected chi connectivity index (χ2v) is 4.40. The molecular weight excluding hydrogens is 295 g/mol. The van der Waals surface area contributed by atoms with Crippen LogP contribution in [0.15, 0.2) is 22.7 Å². The van der Waals surface area contributed by atoms with E-state index in [0.29, 0.717) is 15.1 Å². The van der Waals surface area contributed by atoms with Crippen molar-refractivity contribution in [3.05, 3.63) is 33.3 Å². The van der Waals surface area contributed by atoms with Crippen LogP contribution in [0.3, 0.4) is 0 Å². The molecule has 1 rings (SSSR count). The number of carbonyl (C=O) groups excluding carboxylic acids is 2. The first-order valence-corrected chi connectivity index (χ1v) is 5.64. The highest BCUT2D eigenvalue weighted by Gasteiger charge is 2.16. The van der Waals surface area contributed by atoms with E-state index in [2.05, 4.69) is 21.2 Å². The number of halogens is 2. The molecule has 0 spiro atoms. The van der Waals surface area contributed by atoms with Crippen LogP contribution in [-0.4, -0.2) is 17.9 Å². The van der Waals surface area contributed by atoms with Gasteiger partial charge in [0.05, 0.1) is 10.6 Å². The third kappa shape index (κ3) is 2.96. The average Bonchev–Trinajstić information content (AvgIpc) is 2.21. The van der Waals surface area contributed by atoms with Gasteiger partial charge >= 0.3 is 0 Å². The second-order valence-electron chi connectivity index (χ2n) is 3.20. The van der Waals surface area contributed by atoms with Crippen molar-refractivity contribution in [2.45, 2.75) is 13.0 Å². The topological polar surface area (TPSA) is 72.2 Å². The maximum Gasteiger partial charge on any atom is 0.253 e. The van der Waals surface area contributed by atoms with Crippen LogP contribution < -0.4 is 11.1 Å². The smallest absolute Gasteiger partial charge is 0.253 e. The molecule has 1 aromatic carbocycles. The zero-order valence-corrected chi connectivity index (χ0v) is 10.8. The van der Waals surface area contributed by atoms with Gasteiger partial charge in [0.15, 0.2) is 0 Å². The molecule has 0 radical (unpaired) electrons. The van der Waals surface area contributed by atoms with Gasteiger partial charge in [0, 0.05) is 4.47 Å². The van der Waals surface area contributed by atoms with E-state index in [9.17, 15) is 9.59 Å². The number of rotatable bonds is 3. The van der Waals surface area contributed by atoms with Crippen LogP contribution in [-0.2, 0) is 4.79 Å². The molecular formula is C10H10BrClN2O2. The van der Waals surface area contributed by atoms with E-state index in [1.54, 1.807) is 18.2 Å². The lowest BCUT2D eigenvalue weighted by Gasteiger charge is -2.11. The van der Waals surface area contributed by atoms with Crippen molar-refractivity contribution >= 4 is 39.3 Å². The summed E-state index contributed by atoms with van der Waals surface area (Å²) in [4.78, 5) is 22.5. The summed E-state index contributed by atoms with van der Waals surface area (Å²) >= 11 is 9.04. The summed E-state index contributed by atoms with van der Waals surface area (Å²) in [6, 6.07) is 4.17. The first kappa shape index (κ1) is 13.0. The molecule has 0 heterocycles. The van der Waals surface area contributed by atoms with Crippen LogP contribution >= 0.6 is 27.5 Å². The average molecular weight is 306 g/mol. The SMILES string of the molecule is CC(NC(=O)c1cccc(Cl)c1Br)C(N)=O. The molecule has 0 saturated carbocycles. The van der Waals surface area contributed by atoms with Crippen molar-refractivity contribution < 1.29 is 9.59 Å². The fourth-order valence-electron chi connectivity index (χ4n) is 1.02. The Morgan fingerprint density at radius 2 is 2.12 bits per heavy atom. The summed E-state index contributed by atoms with van der Waals surface area (Å²) in [5, 5.41) is 2.89. The minimum Gasteiger partial charge on any atom is -0.368 e. The molecule has 0 aromatic heterocycles. The Hall–Kier alpha value is -1.07. The van der Waals surface area contributed by atoms with Gasteiger partial charge in [0.2, 0.25) is 5.91 Å². The van der Waals surface area contributed by atoms with Gasteiger partial charge in [0.25, 0.3) is 5.91 Å². The Morgan fingerprint density at radius 1 is 1.50 bits per heavy atom. The van der Waals surface area contributed by atoms with Crippen molar-refractivity contribution in [2.24, 2.45) is 5.73 Å². The number of nitrogens with one attached hydrogen (secondary N) is 1. The largest absolute Gasteiger partial charge is 0.368 e. The molecule has 6 heteroatoms. The summed E-state index contributed by atoms with van der Waals surface area (Å²) in [5.41, 5.74) is 5.40. The second kappa shape index (κ2) is 5.32. The minimum atomic E-state index is -0.724. The van der Waals surface area contributed by atoms with Gasteiger partial charge in [-0.2, -0.15) is 0 Å². The standard InChI is InChI=1S/C10H10BrClN2O2/c1-5(9(13)15)14-10(16)6-3-2-4-7(12)8(6)11/h2-5H,1H3,(H2,13,15)(H,14,16). The van der Waals surface area contributed by atoms with Crippen molar-refractivity contribution in [1.29, 1.82) is 0 Å².